The van der Waals surface area contributed by atoms with E-state index in [1.165, 1.54) is 0 Å². The zero-order valence-electron chi connectivity index (χ0n) is 24.9. The molecule has 0 atom stereocenters. The minimum absolute atomic E-state index is 0.00217. The first-order valence-electron chi connectivity index (χ1n) is 14.3. The summed E-state index contributed by atoms with van der Waals surface area (Å²) >= 11 is 0. The molecule has 1 fully saturated rings. The van der Waals surface area contributed by atoms with E-state index < -0.39 is 23.2 Å². The van der Waals surface area contributed by atoms with Crippen molar-refractivity contribution in [2.45, 2.75) is 77.5 Å². The van der Waals surface area contributed by atoms with Gasteiger partial charge < -0.3 is 20.7 Å². The Morgan fingerprint density at radius 3 is 2.30 bits per heavy atom. The molecule has 0 saturated carbocycles. The minimum Gasteiger partial charge on any atom is -0.444 e. The van der Waals surface area contributed by atoms with Crippen molar-refractivity contribution in [2.24, 2.45) is 5.73 Å². The van der Waals surface area contributed by atoms with E-state index in [0.717, 1.165) is 35.7 Å². The van der Waals surface area contributed by atoms with Gasteiger partial charge in [-0.2, -0.15) is 13.2 Å². The number of piperidine rings is 1. The van der Waals surface area contributed by atoms with Crippen LogP contribution in [0.25, 0.3) is 0 Å². The number of halogens is 3. The number of primary amides is 1. The molecule has 1 aliphatic heterocycles. The van der Waals surface area contributed by atoms with Gasteiger partial charge in [-0.25, -0.2) is 14.8 Å². The zero-order chi connectivity index (χ0) is 31.4. The third-order valence-corrected chi connectivity index (χ3v) is 7.32. The highest BCUT2D eigenvalue weighted by atomic mass is 19.4. The van der Waals surface area contributed by atoms with Crippen molar-refractivity contribution in [3.05, 3.63) is 82.2 Å². The van der Waals surface area contributed by atoms with E-state index in [9.17, 15) is 22.8 Å². The van der Waals surface area contributed by atoms with Gasteiger partial charge in [-0.1, -0.05) is 35.9 Å². The van der Waals surface area contributed by atoms with Gasteiger partial charge in [-0.15, -0.1) is 0 Å². The van der Waals surface area contributed by atoms with Crippen LogP contribution in [0.15, 0.2) is 48.7 Å². The molecule has 3 aromatic rings. The lowest BCUT2D eigenvalue weighted by Gasteiger charge is -2.33. The smallest absolute Gasteiger partial charge is 0.419 e. The molecule has 1 aliphatic rings. The summed E-state index contributed by atoms with van der Waals surface area (Å²) in [6, 6.07) is 13.1. The summed E-state index contributed by atoms with van der Waals surface area (Å²) in [7, 11) is 0. The first-order chi connectivity index (χ1) is 20.2. The van der Waals surface area contributed by atoms with E-state index in [1.54, 1.807) is 11.0 Å². The number of alkyl halides is 3. The number of amides is 2. The normalized spacial score (nSPS) is 14.4. The number of anilines is 2. The number of carbonyl (C=O) groups is 2. The molecule has 0 unspecified atom stereocenters. The lowest BCUT2D eigenvalue weighted by Crippen LogP contribution is -2.41. The average molecular weight is 598 g/mol. The maximum atomic E-state index is 13.8. The zero-order valence-corrected chi connectivity index (χ0v) is 24.9. The fourth-order valence-electron chi connectivity index (χ4n) is 5.19. The molecule has 0 aliphatic carbocycles. The van der Waals surface area contributed by atoms with Crippen molar-refractivity contribution < 1.29 is 27.5 Å². The first-order valence-corrected chi connectivity index (χ1v) is 14.3. The Kier molecular flexibility index (Phi) is 9.62. The number of hydrogen-bond donors (Lipinski definition) is 2. The van der Waals surface area contributed by atoms with Gasteiger partial charge in [0.2, 0.25) is 11.9 Å². The molecule has 0 spiro atoms. The van der Waals surface area contributed by atoms with Crippen molar-refractivity contribution in [3.8, 4) is 0 Å². The predicted molar refractivity (Wildman–Crippen MR) is 158 cm³/mol. The Labute approximate surface area is 249 Å². The lowest BCUT2D eigenvalue weighted by molar-refractivity contribution is -0.138. The van der Waals surface area contributed by atoms with Crippen LogP contribution in [0.4, 0.5) is 29.6 Å². The van der Waals surface area contributed by atoms with Crippen LogP contribution in [0.1, 0.15) is 73.0 Å². The van der Waals surface area contributed by atoms with Crippen LogP contribution in [0, 0.1) is 6.92 Å². The van der Waals surface area contributed by atoms with Crippen molar-refractivity contribution in [1.29, 1.82) is 0 Å². The summed E-state index contributed by atoms with van der Waals surface area (Å²) < 4.78 is 46.9. The summed E-state index contributed by atoms with van der Waals surface area (Å²) in [5, 5.41) is 3.02. The Hall–Kier alpha value is -4.15. The van der Waals surface area contributed by atoms with E-state index in [4.69, 9.17) is 10.5 Å². The number of rotatable bonds is 8. The number of aromatic nitrogens is 2. The third-order valence-electron chi connectivity index (χ3n) is 7.32. The molecule has 8 nitrogen and oxygen atoms in total. The summed E-state index contributed by atoms with van der Waals surface area (Å²) in [6.07, 6.45) is -2.23. The summed E-state index contributed by atoms with van der Waals surface area (Å²) in [5.74, 6) is -0.169. The first kappa shape index (κ1) is 31.8. The minimum atomic E-state index is -4.61. The number of hydrogen-bond acceptors (Lipinski definition) is 6. The van der Waals surface area contributed by atoms with Gasteiger partial charge in [0.1, 0.15) is 5.60 Å². The van der Waals surface area contributed by atoms with Gasteiger partial charge in [-0.3, -0.25) is 4.79 Å². The van der Waals surface area contributed by atoms with Gasteiger partial charge in [0, 0.05) is 25.0 Å². The number of ether oxygens (including phenoxy) is 1. The summed E-state index contributed by atoms with van der Waals surface area (Å²) in [4.78, 5) is 33.8. The fraction of sp³-hybridized carbons (Fsp3) is 0.438. The van der Waals surface area contributed by atoms with Crippen LogP contribution in [0.3, 0.4) is 0 Å². The molecule has 2 heterocycles. The molecule has 1 saturated heterocycles. The van der Waals surface area contributed by atoms with Crippen LogP contribution in [-0.2, 0) is 35.0 Å². The molecule has 43 heavy (non-hydrogen) atoms. The van der Waals surface area contributed by atoms with Crippen molar-refractivity contribution in [1.82, 2.24) is 14.9 Å². The number of benzene rings is 2. The summed E-state index contributed by atoms with van der Waals surface area (Å²) in [6.45, 7) is 8.63. The van der Waals surface area contributed by atoms with Crippen LogP contribution in [-0.4, -0.2) is 45.6 Å². The SMILES string of the molecule is Cc1ccc(CC(N)=O)c(CCc2nc(Nc3ccc(C4CCN(C(=O)OC(C)(C)C)CC4)cc3)ncc2C(F)(F)F)c1. The van der Waals surface area contributed by atoms with E-state index in [-0.39, 0.29) is 42.9 Å². The quantitative estimate of drug-likeness (QED) is 0.308. The van der Waals surface area contributed by atoms with Gasteiger partial charge >= 0.3 is 12.3 Å². The van der Waals surface area contributed by atoms with Crippen LogP contribution in [0.2, 0.25) is 0 Å². The van der Waals surface area contributed by atoms with Crippen molar-refractivity contribution in [3.63, 3.8) is 0 Å². The number of nitrogens with one attached hydrogen (secondary N) is 1. The highest BCUT2D eigenvalue weighted by molar-refractivity contribution is 5.77. The fourth-order valence-corrected chi connectivity index (χ4v) is 5.19. The molecule has 0 radical (unpaired) electrons. The van der Waals surface area contributed by atoms with Gasteiger partial charge in [-0.05, 0) is 88.1 Å². The molecule has 2 amide bonds. The third kappa shape index (κ3) is 8.92. The van der Waals surface area contributed by atoms with Gasteiger partial charge in [0.15, 0.2) is 0 Å². The highest BCUT2D eigenvalue weighted by Gasteiger charge is 2.35. The number of nitrogens with two attached hydrogens (primary N) is 1. The molecule has 1 aromatic heterocycles. The van der Waals surface area contributed by atoms with E-state index >= 15 is 0 Å². The lowest BCUT2D eigenvalue weighted by atomic mass is 9.89. The summed E-state index contributed by atoms with van der Waals surface area (Å²) in [5.41, 5.74) is 7.94. The van der Waals surface area contributed by atoms with Crippen LogP contribution < -0.4 is 11.1 Å². The molecular weight excluding hydrogens is 559 g/mol. The molecule has 0 bridgehead atoms. The average Bonchev–Trinajstić information content (AvgIpc) is 2.92. The molecule has 11 heteroatoms. The Morgan fingerprint density at radius 1 is 1.02 bits per heavy atom. The molecule has 2 aromatic carbocycles. The van der Waals surface area contributed by atoms with Crippen LogP contribution >= 0.6 is 0 Å². The standard InChI is InChI=1S/C32H38F3N5O3/c1-20-5-6-24(18-28(36)41)23(17-20)9-12-27-26(32(33,34)35)19-37-29(39-27)38-25-10-7-21(8-11-25)22-13-15-40(16-14-22)30(42)43-31(2,3)4/h5-8,10-11,17,19,22H,9,12-16,18H2,1-4H3,(H2,36,41)(H,37,38,39). The Balaban J connectivity index is 1.44. The second kappa shape index (κ2) is 13.0. The second-order valence-electron chi connectivity index (χ2n) is 12.0. The molecule has 4 rings (SSSR count). The van der Waals surface area contributed by atoms with E-state index in [1.807, 2.05) is 64.1 Å². The molecular formula is C32H38F3N5O3. The topological polar surface area (TPSA) is 110 Å². The van der Waals surface area contributed by atoms with Gasteiger partial charge in [0.05, 0.1) is 17.7 Å². The monoisotopic (exact) mass is 597 g/mol. The largest absolute Gasteiger partial charge is 0.444 e. The Bertz CT molecular complexity index is 1440. The van der Waals surface area contributed by atoms with Gasteiger partial charge in [0.25, 0.3) is 0 Å². The number of carbonyl (C=O) groups excluding carboxylic acids is 2. The predicted octanol–water partition coefficient (Wildman–Crippen LogP) is 6.47. The molecule has 230 valence electrons. The Morgan fingerprint density at radius 2 is 1.70 bits per heavy atom. The van der Waals surface area contributed by atoms with Crippen molar-refractivity contribution >= 4 is 23.6 Å². The maximum Gasteiger partial charge on any atom is 0.419 e. The van der Waals surface area contributed by atoms with E-state index in [0.29, 0.717) is 24.3 Å². The van der Waals surface area contributed by atoms with Crippen LogP contribution in [0.5, 0.6) is 0 Å². The van der Waals surface area contributed by atoms with Crippen molar-refractivity contribution in [2.75, 3.05) is 18.4 Å². The number of aryl methyl sites for hydroxylation is 3. The second-order valence-corrected chi connectivity index (χ2v) is 12.0. The molecule has 3 N–H and O–H groups in total. The maximum absolute atomic E-state index is 13.8. The highest BCUT2D eigenvalue weighted by Crippen LogP contribution is 2.33. The number of nitrogens with zero attached hydrogens (tertiary/aromatic N) is 3. The number of likely N-dealkylation sites (tertiary alicyclic amines) is 1. The van der Waals surface area contributed by atoms with E-state index in [2.05, 4.69) is 15.3 Å².